The van der Waals surface area contributed by atoms with Crippen LogP contribution in [-0.2, 0) is 0 Å². The summed E-state index contributed by atoms with van der Waals surface area (Å²) in [6.07, 6.45) is 10.5. The number of aromatic amines is 1. The fourth-order valence-electron chi connectivity index (χ4n) is 1.28. The van der Waals surface area contributed by atoms with Gasteiger partial charge in [0.2, 0.25) is 0 Å². The molecule has 0 bridgehead atoms. The van der Waals surface area contributed by atoms with Crippen LogP contribution < -0.4 is 5.32 Å². The van der Waals surface area contributed by atoms with Gasteiger partial charge in [-0.25, -0.2) is 4.98 Å². The van der Waals surface area contributed by atoms with Crippen molar-refractivity contribution in [3.63, 3.8) is 0 Å². The molecule has 1 heterocycles. The number of H-pyrrole nitrogens is 1. The summed E-state index contributed by atoms with van der Waals surface area (Å²) in [5.74, 6) is 3.61. The lowest BCUT2D eigenvalue weighted by Crippen LogP contribution is -2.21. The summed E-state index contributed by atoms with van der Waals surface area (Å²) >= 11 is 0. The van der Waals surface area contributed by atoms with Crippen molar-refractivity contribution in [2.75, 3.05) is 6.54 Å². The van der Waals surface area contributed by atoms with E-state index in [0.717, 1.165) is 25.2 Å². The second-order valence-electron chi connectivity index (χ2n) is 2.83. The Morgan fingerprint density at radius 3 is 3.15 bits per heavy atom. The SMILES string of the molecule is C#CCCC(NCC)c1ncc[nH]1. The standard InChI is InChI=1S/C10H15N3/c1-3-5-6-9(11-4-2)10-12-7-8-13-10/h1,7-9,11H,4-6H2,2H3,(H,12,13). The second kappa shape index (κ2) is 5.39. The zero-order valence-electron chi connectivity index (χ0n) is 7.88. The minimum Gasteiger partial charge on any atom is -0.347 e. The van der Waals surface area contributed by atoms with Gasteiger partial charge < -0.3 is 10.3 Å². The van der Waals surface area contributed by atoms with E-state index in [4.69, 9.17) is 6.42 Å². The second-order valence-corrected chi connectivity index (χ2v) is 2.83. The zero-order chi connectivity index (χ0) is 9.52. The van der Waals surface area contributed by atoms with Gasteiger partial charge in [-0.3, -0.25) is 0 Å². The van der Waals surface area contributed by atoms with Gasteiger partial charge in [0.05, 0.1) is 6.04 Å². The highest BCUT2D eigenvalue weighted by molar-refractivity contribution is 4.97. The quantitative estimate of drug-likeness (QED) is 0.669. The number of rotatable bonds is 5. The molecule has 1 aromatic heterocycles. The molecule has 0 saturated carbocycles. The van der Waals surface area contributed by atoms with Gasteiger partial charge in [-0.1, -0.05) is 6.92 Å². The Hall–Kier alpha value is -1.27. The lowest BCUT2D eigenvalue weighted by Gasteiger charge is -2.13. The Balaban J connectivity index is 2.53. The van der Waals surface area contributed by atoms with Gasteiger partial charge in [0, 0.05) is 18.8 Å². The summed E-state index contributed by atoms with van der Waals surface area (Å²) < 4.78 is 0. The largest absolute Gasteiger partial charge is 0.347 e. The van der Waals surface area contributed by atoms with Gasteiger partial charge in [-0.2, -0.15) is 0 Å². The molecular formula is C10H15N3. The maximum Gasteiger partial charge on any atom is 0.123 e. The maximum atomic E-state index is 5.22. The van der Waals surface area contributed by atoms with Gasteiger partial charge in [-0.15, -0.1) is 12.3 Å². The minimum atomic E-state index is 0.260. The molecule has 0 aliphatic rings. The number of hydrogen-bond donors (Lipinski definition) is 2. The van der Waals surface area contributed by atoms with Crippen LogP contribution >= 0.6 is 0 Å². The number of terminal acetylenes is 1. The predicted octanol–water partition coefficient (Wildman–Crippen LogP) is 1.47. The summed E-state index contributed by atoms with van der Waals surface area (Å²) in [6.45, 7) is 3.00. The molecule has 3 nitrogen and oxygen atoms in total. The first-order valence-electron chi connectivity index (χ1n) is 4.54. The van der Waals surface area contributed by atoms with Crippen LogP contribution in [0.1, 0.15) is 31.6 Å². The average Bonchev–Trinajstić information content (AvgIpc) is 2.65. The molecule has 0 aliphatic heterocycles. The van der Waals surface area contributed by atoms with Crippen molar-refractivity contribution in [1.29, 1.82) is 0 Å². The Bertz CT molecular complexity index is 258. The smallest absolute Gasteiger partial charge is 0.123 e. The molecule has 1 atom stereocenters. The minimum absolute atomic E-state index is 0.260. The van der Waals surface area contributed by atoms with Crippen LogP contribution in [0, 0.1) is 12.3 Å². The van der Waals surface area contributed by atoms with Crippen molar-refractivity contribution in [2.24, 2.45) is 0 Å². The van der Waals surface area contributed by atoms with Crippen molar-refractivity contribution in [3.8, 4) is 12.3 Å². The Kier molecular flexibility index (Phi) is 4.07. The van der Waals surface area contributed by atoms with Gasteiger partial charge in [0.15, 0.2) is 0 Å². The lowest BCUT2D eigenvalue weighted by molar-refractivity contribution is 0.501. The van der Waals surface area contributed by atoms with E-state index in [-0.39, 0.29) is 6.04 Å². The summed E-state index contributed by atoms with van der Waals surface area (Å²) in [5.41, 5.74) is 0. The highest BCUT2D eigenvalue weighted by atomic mass is 15.0. The first kappa shape index (κ1) is 9.82. The number of aromatic nitrogens is 2. The maximum absolute atomic E-state index is 5.22. The van der Waals surface area contributed by atoms with Gasteiger partial charge in [0.1, 0.15) is 5.82 Å². The average molecular weight is 177 g/mol. The van der Waals surface area contributed by atoms with Crippen LogP contribution in [0.15, 0.2) is 12.4 Å². The predicted molar refractivity (Wildman–Crippen MR) is 53.1 cm³/mol. The molecule has 0 saturated heterocycles. The molecule has 0 spiro atoms. The fraction of sp³-hybridized carbons (Fsp3) is 0.500. The normalized spacial score (nSPS) is 12.3. The molecule has 0 fully saturated rings. The van der Waals surface area contributed by atoms with E-state index in [1.807, 2.05) is 6.20 Å². The molecular weight excluding hydrogens is 162 g/mol. The third kappa shape index (κ3) is 2.92. The molecule has 0 aromatic carbocycles. The molecule has 2 N–H and O–H groups in total. The number of hydrogen-bond acceptors (Lipinski definition) is 2. The molecule has 0 amide bonds. The molecule has 3 heteroatoms. The van der Waals surface area contributed by atoms with Crippen molar-refractivity contribution in [3.05, 3.63) is 18.2 Å². The summed E-state index contributed by atoms with van der Waals surface area (Å²) in [5, 5.41) is 3.33. The van der Waals surface area contributed by atoms with E-state index in [1.54, 1.807) is 6.20 Å². The Morgan fingerprint density at radius 2 is 2.62 bits per heavy atom. The topological polar surface area (TPSA) is 40.7 Å². The van der Waals surface area contributed by atoms with Crippen LogP contribution in [0.4, 0.5) is 0 Å². The van der Waals surface area contributed by atoms with Crippen LogP contribution in [0.5, 0.6) is 0 Å². The van der Waals surface area contributed by atoms with Crippen molar-refractivity contribution < 1.29 is 0 Å². The first-order valence-corrected chi connectivity index (χ1v) is 4.54. The van der Waals surface area contributed by atoms with Crippen LogP contribution in [0.2, 0.25) is 0 Å². The van der Waals surface area contributed by atoms with Crippen LogP contribution in [-0.4, -0.2) is 16.5 Å². The van der Waals surface area contributed by atoms with Gasteiger partial charge in [-0.05, 0) is 13.0 Å². The monoisotopic (exact) mass is 177 g/mol. The summed E-state index contributed by atoms with van der Waals surface area (Å²) in [6, 6.07) is 0.260. The Labute approximate surface area is 79.0 Å². The summed E-state index contributed by atoms with van der Waals surface area (Å²) in [7, 11) is 0. The molecule has 13 heavy (non-hydrogen) atoms. The molecule has 0 aliphatic carbocycles. The fourth-order valence-corrected chi connectivity index (χ4v) is 1.28. The molecule has 70 valence electrons. The van der Waals surface area contributed by atoms with Gasteiger partial charge >= 0.3 is 0 Å². The molecule has 1 rings (SSSR count). The number of nitrogens with zero attached hydrogens (tertiary/aromatic N) is 1. The van der Waals surface area contributed by atoms with E-state index >= 15 is 0 Å². The highest BCUT2D eigenvalue weighted by Crippen LogP contribution is 2.13. The molecule has 1 unspecified atom stereocenters. The van der Waals surface area contributed by atoms with E-state index in [2.05, 4.69) is 28.1 Å². The van der Waals surface area contributed by atoms with Crippen molar-refractivity contribution in [1.82, 2.24) is 15.3 Å². The highest BCUT2D eigenvalue weighted by Gasteiger charge is 2.10. The van der Waals surface area contributed by atoms with E-state index in [1.165, 1.54) is 0 Å². The van der Waals surface area contributed by atoms with Crippen LogP contribution in [0.3, 0.4) is 0 Å². The van der Waals surface area contributed by atoms with Crippen molar-refractivity contribution in [2.45, 2.75) is 25.8 Å². The first-order chi connectivity index (χ1) is 6.38. The van der Waals surface area contributed by atoms with E-state index in [0.29, 0.717) is 0 Å². The third-order valence-corrected chi connectivity index (χ3v) is 1.88. The lowest BCUT2D eigenvalue weighted by atomic mass is 10.1. The summed E-state index contributed by atoms with van der Waals surface area (Å²) in [4.78, 5) is 7.29. The third-order valence-electron chi connectivity index (χ3n) is 1.88. The van der Waals surface area contributed by atoms with E-state index < -0.39 is 0 Å². The van der Waals surface area contributed by atoms with Crippen LogP contribution in [0.25, 0.3) is 0 Å². The molecule has 0 radical (unpaired) electrons. The van der Waals surface area contributed by atoms with Crippen molar-refractivity contribution >= 4 is 0 Å². The number of imidazole rings is 1. The van der Waals surface area contributed by atoms with Gasteiger partial charge in [0.25, 0.3) is 0 Å². The van der Waals surface area contributed by atoms with E-state index in [9.17, 15) is 0 Å². The number of nitrogens with one attached hydrogen (secondary N) is 2. The molecule has 1 aromatic rings. The Morgan fingerprint density at radius 1 is 1.77 bits per heavy atom. The zero-order valence-corrected chi connectivity index (χ0v) is 7.88.